The first-order valence-electron chi connectivity index (χ1n) is 8.49. The predicted octanol–water partition coefficient (Wildman–Crippen LogP) is 3.81. The Labute approximate surface area is 144 Å². The number of pyridine rings is 1. The van der Waals surface area contributed by atoms with Gasteiger partial charge in [0, 0.05) is 31.5 Å². The molecular formula is C19H26N4O. The Balaban J connectivity index is 1.90. The van der Waals surface area contributed by atoms with Crippen molar-refractivity contribution in [1.29, 1.82) is 0 Å². The Hall–Kier alpha value is -2.56. The summed E-state index contributed by atoms with van der Waals surface area (Å²) in [4.78, 5) is 18.6. The standard InChI is InChI=1S/C19H26N4O/c1-4-15-7-9-17(10-8-15)22-19(24)21-14-16-11-12-20-18(13-16)23(5-2)6-3/h7-13H,4-6,14H2,1-3H3,(H2,21,22,24). The molecule has 0 bridgehead atoms. The van der Waals surface area contributed by atoms with Gasteiger partial charge < -0.3 is 15.5 Å². The number of hydrogen-bond donors (Lipinski definition) is 2. The number of carbonyl (C=O) groups excluding carboxylic acids is 1. The quantitative estimate of drug-likeness (QED) is 0.813. The van der Waals surface area contributed by atoms with Crippen molar-refractivity contribution in [2.45, 2.75) is 33.7 Å². The number of rotatable bonds is 7. The number of urea groups is 1. The van der Waals surface area contributed by atoms with Gasteiger partial charge in [0.1, 0.15) is 5.82 Å². The fourth-order valence-electron chi connectivity index (χ4n) is 2.47. The van der Waals surface area contributed by atoms with Crippen LogP contribution in [0, 0.1) is 0 Å². The van der Waals surface area contributed by atoms with Crippen LogP contribution in [-0.4, -0.2) is 24.1 Å². The number of aryl methyl sites for hydroxylation is 1. The van der Waals surface area contributed by atoms with E-state index in [1.165, 1.54) is 5.56 Å². The van der Waals surface area contributed by atoms with E-state index in [2.05, 4.69) is 41.3 Å². The Kier molecular flexibility index (Phi) is 6.61. The van der Waals surface area contributed by atoms with Crippen LogP contribution in [0.25, 0.3) is 0 Å². The Morgan fingerprint density at radius 2 is 1.75 bits per heavy atom. The van der Waals surface area contributed by atoms with E-state index in [1.807, 2.05) is 36.4 Å². The van der Waals surface area contributed by atoms with E-state index in [4.69, 9.17) is 0 Å². The van der Waals surface area contributed by atoms with Crippen LogP contribution in [0.4, 0.5) is 16.3 Å². The molecule has 0 fully saturated rings. The third kappa shape index (κ3) is 4.98. The van der Waals surface area contributed by atoms with Gasteiger partial charge in [-0.05, 0) is 55.7 Å². The Bertz CT molecular complexity index is 651. The minimum Gasteiger partial charge on any atom is -0.357 e. The van der Waals surface area contributed by atoms with Gasteiger partial charge in [-0.25, -0.2) is 9.78 Å². The summed E-state index contributed by atoms with van der Waals surface area (Å²) in [5.74, 6) is 0.940. The van der Waals surface area contributed by atoms with E-state index in [0.29, 0.717) is 6.54 Å². The molecule has 1 heterocycles. The molecule has 0 aliphatic rings. The van der Waals surface area contributed by atoms with Crippen LogP contribution >= 0.6 is 0 Å². The highest BCUT2D eigenvalue weighted by molar-refractivity contribution is 5.89. The monoisotopic (exact) mass is 326 g/mol. The third-order valence-corrected chi connectivity index (χ3v) is 3.97. The average molecular weight is 326 g/mol. The molecule has 0 atom stereocenters. The largest absolute Gasteiger partial charge is 0.357 e. The number of nitrogens with one attached hydrogen (secondary N) is 2. The zero-order chi connectivity index (χ0) is 17.4. The Morgan fingerprint density at radius 3 is 2.38 bits per heavy atom. The van der Waals surface area contributed by atoms with Crippen LogP contribution in [0.2, 0.25) is 0 Å². The number of aromatic nitrogens is 1. The number of hydrogen-bond acceptors (Lipinski definition) is 3. The van der Waals surface area contributed by atoms with Gasteiger partial charge in [0.05, 0.1) is 0 Å². The molecule has 1 aromatic heterocycles. The summed E-state index contributed by atoms with van der Waals surface area (Å²) >= 11 is 0. The van der Waals surface area contributed by atoms with Gasteiger partial charge >= 0.3 is 6.03 Å². The summed E-state index contributed by atoms with van der Waals surface area (Å²) in [6, 6.07) is 11.6. The molecule has 2 amide bonds. The van der Waals surface area contributed by atoms with E-state index in [-0.39, 0.29) is 6.03 Å². The zero-order valence-electron chi connectivity index (χ0n) is 14.7. The van der Waals surface area contributed by atoms with Crippen molar-refractivity contribution >= 4 is 17.5 Å². The van der Waals surface area contributed by atoms with E-state index in [0.717, 1.165) is 36.6 Å². The molecule has 24 heavy (non-hydrogen) atoms. The van der Waals surface area contributed by atoms with Crippen LogP contribution < -0.4 is 15.5 Å². The molecular weight excluding hydrogens is 300 g/mol. The highest BCUT2D eigenvalue weighted by Gasteiger charge is 2.06. The molecule has 5 heteroatoms. The van der Waals surface area contributed by atoms with Crippen molar-refractivity contribution in [3.05, 3.63) is 53.7 Å². The van der Waals surface area contributed by atoms with E-state index < -0.39 is 0 Å². The van der Waals surface area contributed by atoms with Crippen LogP contribution in [-0.2, 0) is 13.0 Å². The smallest absolute Gasteiger partial charge is 0.319 e. The van der Waals surface area contributed by atoms with Crippen LogP contribution in [0.15, 0.2) is 42.6 Å². The Morgan fingerprint density at radius 1 is 1.04 bits per heavy atom. The molecule has 0 spiro atoms. The van der Waals surface area contributed by atoms with Gasteiger partial charge in [0.15, 0.2) is 0 Å². The molecule has 128 valence electrons. The summed E-state index contributed by atoms with van der Waals surface area (Å²) < 4.78 is 0. The summed E-state index contributed by atoms with van der Waals surface area (Å²) in [6.45, 7) is 8.61. The molecule has 2 rings (SSSR count). The minimum absolute atomic E-state index is 0.208. The van der Waals surface area contributed by atoms with E-state index >= 15 is 0 Å². The van der Waals surface area contributed by atoms with Crippen molar-refractivity contribution in [3.8, 4) is 0 Å². The normalized spacial score (nSPS) is 10.3. The molecule has 2 N–H and O–H groups in total. The lowest BCUT2D eigenvalue weighted by molar-refractivity contribution is 0.251. The fraction of sp³-hybridized carbons (Fsp3) is 0.368. The van der Waals surface area contributed by atoms with Gasteiger partial charge in [-0.1, -0.05) is 19.1 Å². The number of anilines is 2. The van der Waals surface area contributed by atoms with Crippen LogP contribution in [0.3, 0.4) is 0 Å². The molecule has 0 saturated carbocycles. The number of carbonyl (C=O) groups is 1. The van der Waals surface area contributed by atoms with Crippen LogP contribution in [0.1, 0.15) is 31.9 Å². The van der Waals surface area contributed by atoms with Gasteiger partial charge in [0.2, 0.25) is 0 Å². The molecule has 5 nitrogen and oxygen atoms in total. The summed E-state index contributed by atoms with van der Waals surface area (Å²) in [7, 11) is 0. The second-order valence-corrected chi connectivity index (χ2v) is 5.55. The average Bonchev–Trinajstić information content (AvgIpc) is 2.62. The fourth-order valence-corrected chi connectivity index (χ4v) is 2.47. The number of benzene rings is 1. The van der Waals surface area contributed by atoms with Crippen molar-refractivity contribution in [2.24, 2.45) is 0 Å². The predicted molar refractivity (Wildman–Crippen MR) is 99.5 cm³/mol. The van der Waals surface area contributed by atoms with Crippen molar-refractivity contribution in [1.82, 2.24) is 10.3 Å². The second-order valence-electron chi connectivity index (χ2n) is 5.55. The van der Waals surface area contributed by atoms with Crippen LogP contribution in [0.5, 0.6) is 0 Å². The van der Waals surface area contributed by atoms with Crippen molar-refractivity contribution in [2.75, 3.05) is 23.3 Å². The molecule has 0 unspecified atom stereocenters. The van der Waals surface area contributed by atoms with Gasteiger partial charge in [-0.3, -0.25) is 0 Å². The lowest BCUT2D eigenvalue weighted by Gasteiger charge is -2.20. The highest BCUT2D eigenvalue weighted by atomic mass is 16.2. The first-order valence-corrected chi connectivity index (χ1v) is 8.49. The zero-order valence-corrected chi connectivity index (χ0v) is 14.7. The first kappa shape index (κ1) is 17.8. The maximum absolute atomic E-state index is 12.0. The van der Waals surface area contributed by atoms with E-state index in [1.54, 1.807) is 6.20 Å². The number of amides is 2. The van der Waals surface area contributed by atoms with Crippen molar-refractivity contribution in [3.63, 3.8) is 0 Å². The summed E-state index contributed by atoms with van der Waals surface area (Å²) in [5.41, 5.74) is 3.08. The summed E-state index contributed by atoms with van der Waals surface area (Å²) in [5, 5.41) is 5.73. The van der Waals surface area contributed by atoms with Gasteiger partial charge in [-0.15, -0.1) is 0 Å². The SMILES string of the molecule is CCc1ccc(NC(=O)NCc2ccnc(N(CC)CC)c2)cc1. The van der Waals surface area contributed by atoms with Gasteiger partial charge in [-0.2, -0.15) is 0 Å². The third-order valence-electron chi connectivity index (χ3n) is 3.97. The molecule has 0 radical (unpaired) electrons. The lowest BCUT2D eigenvalue weighted by atomic mass is 10.1. The van der Waals surface area contributed by atoms with E-state index in [9.17, 15) is 4.79 Å². The topological polar surface area (TPSA) is 57.3 Å². The minimum atomic E-state index is -0.208. The second kappa shape index (κ2) is 8.91. The van der Waals surface area contributed by atoms with Gasteiger partial charge in [0.25, 0.3) is 0 Å². The molecule has 2 aromatic rings. The molecule has 0 aliphatic heterocycles. The maximum Gasteiger partial charge on any atom is 0.319 e. The molecule has 0 saturated heterocycles. The number of nitrogens with zero attached hydrogens (tertiary/aromatic N) is 2. The molecule has 0 aliphatic carbocycles. The molecule has 1 aromatic carbocycles. The lowest BCUT2D eigenvalue weighted by Crippen LogP contribution is -2.28. The van der Waals surface area contributed by atoms with Crippen molar-refractivity contribution < 1.29 is 4.79 Å². The maximum atomic E-state index is 12.0. The summed E-state index contributed by atoms with van der Waals surface area (Å²) in [6.07, 6.45) is 2.77. The first-order chi connectivity index (χ1) is 11.7. The highest BCUT2D eigenvalue weighted by Crippen LogP contribution is 2.13.